The first-order valence-electron chi connectivity index (χ1n) is 11.1. The van der Waals surface area contributed by atoms with Gasteiger partial charge < -0.3 is 9.64 Å². The zero-order valence-electron chi connectivity index (χ0n) is 17.2. The maximum Gasteiger partial charge on any atom is 0.227 e. The Hall–Kier alpha value is -2.37. The molecule has 2 aromatic rings. The molecular weight excluding hydrogens is 364 g/mol. The van der Waals surface area contributed by atoms with Crippen molar-refractivity contribution in [1.29, 1.82) is 0 Å². The molecule has 154 valence electrons. The highest BCUT2D eigenvalue weighted by Crippen LogP contribution is 2.53. The van der Waals surface area contributed by atoms with E-state index in [4.69, 9.17) is 9.72 Å². The maximum absolute atomic E-state index is 13.1. The number of aromatic amines is 1. The summed E-state index contributed by atoms with van der Waals surface area (Å²) in [4.78, 5) is 20.0. The predicted octanol–water partition coefficient (Wildman–Crippen LogP) is 3.81. The molecule has 1 unspecified atom stereocenters. The van der Waals surface area contributed by atoms with Crippen LogP contribution >= 0.6 is 0 Å². The van der Waals surface area contributed by atoms with Crippen LogP contribution in [0.1, 0.15) is 74.5 Å². The monoisotopic (exact) mass is 394 g/mol. The van der Waals surface area contributed by atoms with E-state index in [2.05, 4.69) is 15.1 Å². The molecular formula is C23H30N4O2. The molecule has 1 saturated heterocycles. The van der Waals surface area contributed by atoms with Crippen molar-refractivity contribution in [3.63, 3.8) is 0 Å². The van der Waals surface area contributed by atoms with E-state index >= 15 is 0 Å². The summed E-state index contributed by atoms with van der Waals surface area (Å²) in [6.07, 6.45) is 7.73. The number of ether oxygens (including phenoxy) is 1. The molecule has 6 heteroatoms. The van der Waals surface area contributed by atoms with Crippen LogP contribution in [0.5, 0.6) is 5.75 Å². The maximum atomic E-state index is 13.1. The zero-order chi connectivity index (χ0) is 19.8. The number of hydrogen-bond acceptors (Lipinski definition) is 4. The summed E-state index contributed by atoms with van der Waals surface area (Å²) in [5, 5.41) is 7.72. The Labute approximate surface area is 172 Å². The highest BCUT2D eigenvalue weighted by Gasteiger charge is 2.51. The molecule has 2 saturated carbocycles. The molecule has 5 rings (SSSR count). The van der Waals surface area contributed by atoms with Crippen molar-refractivity contribution >= 4 is 5.91 Å². The first-order chi connectivity index (χ1) is 14.2. The van der Waals surface area contributed by atoms with Crippen LogP contribution in [0.25, 0.3) is 0 Å². The van der Waals surface area contributed by atoms with Crippen molar-refractivity contribution < 1.29 is 9.53 Å². The highest BCUT2D eigenvalue weighted by molar-refractivity contribution is 5.79. The van der Waals surface area contributed by atoms with Gasteiger partial charge in [0.05, 0.1) is 13.0 Å². The standard InChI is InChI=1S/C23H30N4O2/c1-2-29-18-9-5-16(6-10-18)13-20(28)27-14-19(23(15-27)11-3-4-12-23)22-24-21(25-26-22)17-7-8-17/h5-6,9-10,17,19H,2-4,7-8,11-15H2,1H3,(H,24,25,26). The second-order valence-electron chi connectivity index (χ2n) is 9.00. The minimum atomic E-state index is 0.175. The number of nitrogens with zero attached hydrogens (tertiary/aromatic N) is 3. The summed E-state index contributed by atoms with van der Waals surface area (Å²) in [5.41, 5.74) is 1.22. The van der Waals surface area contributed by atoms with Gasteiger partial charge in [-0.05, 0) is 55.7 Å². The first kappa shape index (κ1) is 18.6. The van der Waals surface area contributed by atoms with Crippen molar-refractivity contribution in [2.45, 2.75) is 63.7 Å². The quantitative estimate of drug-likeness (QED) is 0.809. The Bertz CT molecular complexity index is 865. The normalized spacial score (nSPS) is 23.1. The summed E-state index contributed by atoms with van der Waals surface area (Å²) in [5.74, 6) is 3.89. The van der Waals surface area contributed by atoms with E-state index in [0.717, 1.165) is 36.1 Å². The predicted molar refractivity (Wildman–Crippen MR) is 110 cm³/mol. The van der Waals surface area contributed by atoms with Gasteiger partial charge >= 0.3 is 0 Å². The van der Waals surface area contributed by atoms with Crippen molar-refractivity contribution in [2.75, 3.05) is 19.7 Å². The van der Waals surface area contributed by atoms with Crippen molar-refractivity contribution in [1.82, 2.24) is 20.1 Å². The van der Waals surface area contributed by atoms with E-state index in [1.165, 1.54) is 38.5 Å². The number of aromatic nitrogens is 3. The number of hydrogen-bond donors (Lipinski definition) is 1. The highest BCUT2D eigenvalue weighted by atomic mass is 16.5. The number of H-pyrrole nitrogens is 1. The lowest BCUT2D eigenvalue weighted by molar-refractivity contribution is -0.129. The minimum absolute atomic E-state index is 0.175. The molecule has 1 N–H and O–H groups in total. The Morgan fingerprint density at radius 1 is 1.24 bits per heavy atom. The molecule has 1 aromatic carbocycles. The summed E-state index contributed by atoms with van der Waals surface area (Å²) in [7, 11) is 0. The Balaban J connectivity index is 1.30. The van der Waals surface area contributed by atoms with Crippen molar-refractivity contribution in [2.24, 2.45) is 5.41 Å². The topological polar surface area (TPSA) is 71.1 Å². The second-order valence-corrected chi connectivity index (χ2v) is 9.00. The first-order valence-corrected chi connectivity index (χ1v) is 11.1. The van der Waals surface area contributed by atoms with Crippen LogP contribution in [-0.2, 0) is 11.2 Å². The van der Waals surface area contributed by atoms with E-state index < -0.39 is 0 Å². The Kier molecular flexibility index (Phi) is 4.80. The number of rotatable bonds is 6. The molecule has 0 bridgehead atoms. The lowest BCUT2D eigenvalue weighted by Crippen LogP contribution is -2.32. The number of nitrogens with one attached hydrogen (secondary N) is 1. The van der Waals surface area contributed by atoms with Crippen LogP contribution in [0.4, 0.5) is 0 Å². The molecule has 2 aliphatic carbocycles. The number of likely N-dealkylation sites (tertiary alicyclic amines) is 1. The summed E-state index contributed by atoms with van der Waals surface area (Å²) in [6.45, 7) is 4.24. The molecule has 29 heavy (non-hydrogen) atoms. The number of benzene rings is 1. The van der Waals surface area contributed by atoms with Crippen LogP contribution in [0.3, 0.4) is 0 Å². The third-order valence-corrected chi connectivity index (χ3v) is 6.98. The number of carbonyl (C=O) groups is 1. The molecule has 1 aliphatic heterocycles. The molecule has 3 aliphatic rings. The molecule has 1 spiro atoms. The fourth-order valence-corrected chi connectivity index (χ4v) is 5.25. The summed E-state index contributed by atoms with van der Waals surface area (Å²) in [6, 6.07) is 7.90. The van der Waals surface area contributed by atoms with Crippen LogP contribution in [0.15, 0.2) is 24.3 Å². The van der Waals surface area contributed by atoms with Gasteiger partial charge in [0.2, 0.25) is 5.91 Å². The molecule has 1 atom stereocenters. The van der Waals surface area contributed by atoms with E-state index in [-0.39, 0.29) is 17.2 Å². The van der Waals surface area contributed by atoms with Gasteiger partial charge in [-0.25, -0.2) is 4.98 Å². The molecule has 0 radical (unpaired) electrons. The van der Waals surface area contributed by atoms with E-state index in [1.807, 2.05) is 31.2 Å². The van der Waals surface area contributed by atoms with Gasteiger partial charge in [-0.15, -0.1) is 0 Å². The largest absolute Gasteiger partial charge is 0.494 e. The van der Waals surface area contributed by atoms with Crippen molar-refractivity contribution in [3.05, 3.63) is 41.5 Å². The number of carbonyl (C=O) groups excluding carboxylic acids is 1. The smallest absolute Gasteiger partial charge is 0.227 e. The van der Waals surface area contributed by atoms with Crippen LogP contribution in [0.2, 0.25) is 0 Å². The second kappa shape index (κ2) is 7.47. The average Bonchev–Trinajstić information content (AvgIpc) is 3.15. The van der Waals surface area contributed by atoms with Gasteiger partial charge in [-0.1, -0.05) is 25.0 Å². The average molecular weight is 395 g/mol. The van der Waals surface area contributed by atoms with Gasteiger partial charge in [0.25, 0.3) is 0 Å². The van der Waals surface area contributed by atoms with Crippen LogP contribution in [0, 0.1) is 5.41 Å². The lowest BCUT2D eigenvalue weighted by atomic mass is 9.76. The summed E-state index contributed by atoms with van der Waals surface area (Å²) >= 11 is 0. The fraction of sp³-hybridized carbons (Fsp3) is 0.609. The Morgan fingerprint density at radius 3 is 2.69 bits per heavy atom. The van der Waals surface area contributed by atoms with Crippen LogP contribution < -0.4 is 4.74 Å². The van der Waals surface area contributed by atoms with E-state index in [1.54, 1.807) is 0 Å². The van der Waals surface area contributed by atoms with E-state index in [9.17, 15) is 4.79 Å². The number of amides is 1. The van der Waals surface area contributed by atoms with Gasteiger partial charge in [0.1, 0.15) is 11.6 Å². The molecule has 1 amide bonds. The summed E-state index contributed by atoms with van der Waals surface area (Å²) < 4.78 is 5.50. The molecule has 1 aromatic heterocycles. The minimum Gasteiger partial charge on any atom is -0.494 e. The van der Waals surface area contributed by atoms with E-state index in [0.29, 0.717) is 18.9 Å². The molecule has 3 fully saturated rings. The van der Waals surface area contributed by atoms with Gasteiger partial charge in [0.15, 0.2) is 5.82 Å². The van der Waals surface area contributed by atoms with Gasteiger partial charge in [-0.3, -0.25) is 9.89 Å². The van der Waals surface area contributed by atoms with Gasteiger partial charge in [-0.2, -0.15) is 5.10 Å². The third-order valence-electron chi connectivity index (χ3n) is 6.98. The lowest BCUT2D eigenvalue weighted by Gasteiger charge is -2.28. The van der Waals surface area contributed by atoms with Crippen molar-refractivity contribution in [3.8, 4) is 5.75 Å². The Morgan fingerprint density at radius 2 is 2.00 bits per heavy atom. The SMILES string of the molecule is CCOc1ccc(CC(=O)N2CC(c3nc(C4CC4)n[nH]3)C3(CCCC3)C2)cc1. The molecule has 2 heterocycles. The third kappa shape index (κ3) is 3.65. The zero-order valence-corrected chi connectivity index (χ0v) is 17.2. The molecule has 6 nitrogen and oxygen atoms in total. The van der Waals surface area contributed by atoms with Gasteiger partial charge in [0, 0.05) is 24.9 Å². The van der Waals surface area contributed by atoms with Crippen LogP contribution in [-0.4, -0.2) is 45.7 Å². The fourth-order valence-electron chi connectivity index (χ4n) is 5.25.